The average molecular weight is 273 g/mol. The van der Waals surface area contributed by atoms with Crippen LogP contribution in [0.1, 0.15) is 45.2 Å². The quantitative estimate of drug-likeness (QED) is 0.899. The molecular formula is C17H23NO2. The van der Waals surface area contributed by atoms with Gasteiger partial charge in [-0.05, 0) is 41.5 Å². The number of fused-ring (bicyclic) bond motifs is 1. The molecule has 0 fully saturated rings. The van der Waals surface area contributed by atoms with E-state index in [4.69, 9.17) is 5.11 Å². The van der Waals surface area contributed by atoms with E-state index in [-0.39, 0.29) is 17.9 Å². The lowest BCUT2D eigenvalue weighted by molar-refractivity contribution is -0.116. The van der Waals surface area contributed by atoms with Gasteiger partial charge in [0.05, 0.1) is 6.61 Å². The third kappa shape index (κ3) is 2.63. The first-order valence-electron chi connectivity index (χ1n) is 7.07. The number of carbonyl (C=O) groups is 1. The summed E-state index contributed by atoms with van der Waals surface area (Å²) in [5.74, 6) is 0.0858. The Morgan fingerprint density at radius 1 is 1.40 bits per heavy atom. The second-order valence-corrected chi connectivity index (χ2v) is 6.11. The molecule has 1 aliphatic heterocycles. The molecule has 0 spiro atoms. The first-order valence-corrected chi connectivity index (χ1v) is 7.07. The zero-order valence-corrected chi connectivity index (χ0v) is 12.7. The van der Waals surface area contributed by atoms with E-state index in [0.29, 0.717) is 0 Å². The molecule has 1 heterocycles. The molecular weight excluding hydrogens is 250 g/mol. The fraction of sp³-hybridized carbons (Fsp3) is 0.471. The van der Waals surface area contributed by atoms with Crippen molar-refractivity contribution in [2.45, 2.75) is 39.5 Å². The van der Waals surface area contributed by atoms with Gasteiger partial charge in [0.1, 0.15) is 0 Å². The molecule has 0 aromatic heterocycles. The summed E-state index contributed by atoms with van der Waals surface area (Å²) >= 11 is 0. The molecule has 1 aliphatic rings. The summed E-state index contributed by atoms with van der Waals surface area (Å²) in [7, 11) is 0. The molecule has 1 amide bonds. The van der Waals surface area contributed by atoms with Crippen molar-refractivity contribution in [2.24, 2.45) is 0 Å². The molecule has 1 aromatic rings. The number of anilines is 1. The minimum Gasteiger partial charge on any atom is -0.392 e. The highest BCUT2D eigenvalue weighted by Gasteiger charge is 2.32. The minimum absolute atomic E-state index is 0.0326. The molecule has 0 atom stereocenters. The van der Waals surface area contributed by atoms with Crippen LogP contribution in [0.25, 0.3) is 5.57 Å². The van der Waals surface area contributed by atoms with Gasteiger partial charge < -0.3 is 10.0 Å². The molecule has 108 valence electrons. The molecule has 2 rings (SSSR count). The van der Waals surface area contributed by atoms with Gasteiger partial charge in [-0.3, -0.25) is 4.79 Å². The number of carbonyl (C=O) groups excluding carboxylic acids is 1. The van der Waals surface area contributed by atoms with Crippen LogP contribution in [0, 0.1) is 0 Å². The number of rotatable bonds is 2. The maximum absolute atomic E-state index is 11.9. The van der Waals surface area contributed by atoms with Gasteiger partial charge >= 0.3 is 0 Å². The van der Waals surface area contributed by atoms with Crippen LogP contribution < -0.4 is 4.90 Å². The lowest BCUT2D eigenvalue weighted by Gasteiger charge is -2.39. The fourth-order valence-corrected chi connectivity index (χ4v) is 2.80. The SMILES string of the molecule is CC(=O)N1CCC(C)(C)c2ccc(C(C)=CCO)cc21. The Morgan fingerprint density at radius 2 is 2.10 bits per heavy atom. The highest BCUT2D eigenvalue weighted by molar-refractivity contribution is 5.94. The molecule has 0 aliphatic carbocycles. The Hall–Kier alpha value is -1.61. The first-order chi connectivity index (χ1) is 9.36. The Balaban J connectivity index is 2.55. The molecule has 0 unspecified atom stereocenters. The van der Waals surface area contributed by atoms with Crippen molar-refractivity contribution in [1.82, 2.24) is 0 Å². The number of amides is 1. The molecule has 0 saturated carbocycles. The van der Waals surface area contributed by atoms with E-state index in [1.165, 1.54) is 5.56 Å². The lowest BCUT2D eigenvalue weighted by Crippen LogP contribution is -2.40. The van der Waals surface area contributed by atoms with E-state index in [2.05, 4.69) is 32.0 Å². The van der Waals surface area contributed by atoms with Crippen molar-refractivity contribution in [3.63, 3.8) is 0 Å². The van der Waals surface area contributed by atoms with Gasteiger partial charge in [0, 0.05) is 19.2 Å². The van der Waals surface area contributed by atoms with Crippen LogP contribution in [0.5, 0.6) is 0 Å². The molecule has 20 heavy (non-hydrogen) atoms. The number of aliphatic hydroxyl groups excluding tert-OH is 1. The van der Waals surface area contributed by atoms with Crippen LogP contribution in [-0.2, 0) is 10.2 Å². The van der Waals surface area contributed by atoms with Gasteiger partial charge in [-0.15, -0.1) is 0 Å². The predicted octanol–water partition coefficient (Wildman–Crippen LogP) is 3.12. The summed E-state index contributed by atoms with van der Waals surface area (Å²) < 4.78 is 0. The van der Waals surface area contributed by atoms with Gasteiger partial charge in [-0.2, -0.15) is 0 Å². The molecule has 1 N–H and O–H groups in total. The number of allylic oxidation sites excluding steroid dienone is 1. The molecule has 0 saturated heterocycles. The van der Waals surface area contributed by atoms with E-state index in [1.54, 1.807) is 13.0 Å². The van der Waals surface area contributed by atoms with Crippen molar-refractivity contribution < 1.29 is 9.90 Å². The number of hydrogen-bond donors (Lipinski definition) is 1. The van der Waals surface area contributed by atoms with E-state index in [9.17, 15) is 4.79 Å². The Kier molecular flexibility index (Phi) is 4.00. The normalized spacial score (nSPS) is 17.9. The molecule has 3 heteroatoms. The number of nitrogens with zero attached hydrogens (tertiary/aromatic N) is 1. The topological polar surface area (TPSA) is 40.5 Å². The van der Waals surface area contributed by atoms with Crippen LogP contribution >= 0.6 is 0 Å². The smallest absolute Gasteiger partial charge is 0.223 e. The van der Waals surface area contributed by atoms with E-state index >= 15 is 0 Å². The molecule has 1 aromatic carbocycles. The van der Waals surface area contributed by atoms with Crippen molar-refractivity contribution in [3.8, 4) is 0 Å². The van der Waals surface area contributed by atoms with Gasteiger partial charge in [0.2, 0.25) is 5.91 Å². The number of benzene rings is 1. The maximum Gasteiger partial charge on any atom is 0.223 e. The van der Waals surface area contributed by atoms with Gasteiger partial charge in [0.15, 0.2) is 0 Å². The predicted molar refractivity (Wildman–Crippen MR) is 82.8 cm³/mol. The number of hydrogen-bond acceptors (Lipinski definition) is 2. The number of aliphatic hydroxyl groups is 1. The monoisotopic (exact) mass is 273 g/mol. The third-order valence-electron chi connectivity index (χ3n) is 4.21. The second-order valence-electron chi connectivity index (χ2n) is 6.11. The largest absolute Gasteiger partial charge is 0.392 e. The fourth-order valence-electron chi connectivity index (χ4n) is 2.80. The van der Waals surface area contributed by atoms with Crippen molar-refractivity contribution in [3.05, 3.63) is 35.4 Å². The molecule has 0 bridgehead atoms. The zero-order valence-electron chi connectivity index (χ0n) is 12.7. The zero-order chi connectivity index (χ0) is 14.9. The molecule has 3 nitrogen and oxygen atoms in total. The highest BCUT2D eigenvalue weighted by Crippen LogP contribution is 2.40. The third-order valence-corrected chi connectivity index (χ3v) is 4.21. The summed E-state index contributed by atoms with van der Waals surface area (Å²) in [5, 5.41) is 9.02. The van der Waals surface area contributed by atoms with Crippen LogP contribution in [0.15, 0.2) is 24.3 Å². The van der Waals surface area contributed by atoms with Crippen LogP contribution in [-0.4, -0.2) is 24.2 Å². The van der Waals surface area contributed by atoms with E-state index in [1.807, 2.05) is 11.8 Å². The Labute approximate surface area is 120 Å². The summed E-state index contributed by atoms with van der Waals surface area (Å²) in [5.41, 5.74) is 4.41. The summed E-state index contributed by atoms with van der Waals surface area (Å²) in [6.07, 6.45) is 2.76. The summed E-state index contributed by atoms with van der Waals surface area (Å²) in [6.45, 7) is 8.83. The van der Waals surface area contributed by atoms with Crippen molar-refractivity contribution in [2.75, 3.05) is 18.1 Å². The standard InChI is InChI=1S/C17H23NO2/c1-12(7-10-19)14-5-6-15-16(11-14)18(13(2)20)9-8-17(15,3)4/h5-7,11,19H,8-10H2,1-4H3. The maximum atomic E-state index is 11.9. The van der Waals surface area contributed by atoms with Crippen LogP contribution in [0.4, 0.5) is 5.69 Å². The Morgan fingerprint density at radius 3 is 2.70 bits per heavy atom. The van der Waals surface area contributed by atoms with Crippen molar-refractivity contribution in [1.29, 1.82) is 0 Å². The van der Waals surface area contributed by atoms with Gasteiger partial charge in [-0.25, -0.2) is 0 Å². The van der Waals surface area contributed by atoms with E-state index < -0.39 is 0 Å². The highest BCUT2D eigenvalue weighted by atomic mass is 16.2. The lowest BCUT2D eigenvalue weighted by atomic mass is 9.77. The van der Waals surface area contributed by atoms with E-state index in [0.717, 1.165) is 29.8 Å². The summed E-state index contributed by atoms with van der Waals surface area (Å²) in [4.78, 5) is 13.7. The summed E-state index contributed by atoms with van der Waals surface area (Å²) in [6, 6.07) is 6.26. The van der Waals surface area contributed by atoms with Gasteiger partial charge in [0.25, 0.3) is 0 Å². The van der Waals surface area contributed by atoms with Crippen molar-refractivity contribution >= 4 is 17.2 Å². The Bertz CT molecular complexity index is 558. The average Bonchev–Trinajstić information content (AvgIpc) is 2.38. The van der Waals surface area contributed by atoms with Crippen LogP contribution in [0.3, 0.4) is 0 Å². The van der Waals surface area contributed by atoms with Gasteiger partial charge in [-0.1, -0.05) is 32.1 Å². The second kappa shape index (κ2) is 5.41. The minimum atomic E-state index is 0.0326. The first kappa shape index (κ1) is 14.8. The molecule has 0 radical (unpaired) electrons. The van der Waals surface area contributed by atoms with Crippen LogP contribution in [0.2, 0.25) is 0 Å².